The van der Waals surface area contributed by atoms with E-state index in [-0.39, 0.29) is 50.7 Å². The van der Waals surface area contributed by atoms with Crippen molar-refractivity contribution in [2.24, 2.45) is 33.8 Å². The second-order valence-corrected chi connectivity index (χ2v) is 17.1. The topological polar surface area (TPSA) is 315 Å². The van der Waals surface area contributed by atoms with Crippen LogP contribution in [0.15, 0.2) is 65.8 Å². The molecular weight excluding hydrogens is 833 g/mol. The molecule has 1 aliphatic heterocycles. The van der Waals surface area contributed by atoms with Crippen molar-refractivity contribution >= 4 is 58.2 Å². The first-order valence-electron chi connectivity index (χ1n) is 22.5. The molecule has 1 aromatic heterocycles. The molecule has 65 heavy (non-hydrogen) atoms. The van der Waals surface area contributed by atoms with Crippen molar-refractivity contribution in [3.8, 4) is 0 Å². The Morgan fingerprint density at radius 2 is 1.42 bits per heavy atom. The fourth-order valence-corrected chi connectivity index (χ4v) is 7.83. The fraction of sp³-hybridized carbons (Fsp3) is 0.522. The molecule has 0 spiro atoms. The molecule has 0 aliphatic carbocycles. The number of guanidine groups is 1. The van der Waals surface area contributed by atoms with Gasteiger partial charge in [-0.3, -0.25) is 38.6 Å². The highest BCUT2D eigenvalue weighted by atomic mass is 16.2. The number of carbonyl (C=O) groups is 7. The van der Waals surface area contributed by atoms with Crippen LogP contribution in [0, 0.1) is 5.92 Å². The number of nitrogens with one attached hydrogen (secondary N) is 6. The Hall–Kier alpha value is -6.50. The molecule has 3 aromatic rings. The summed E-state index contributed by atoms with van der Waals surface area (Å²) < 4.78 is 0. The standard InChI is InChI=1S/C46H68N12O7/c1-5-6-18-34(39(48)59)54-42(62)35(23-27(2)3)56-44(64)38-20-13-22-58(38)45(65)37(24-29-14-8-7-9-15-29)57-43(63)36(25-30-26-52-33-19-11-10-16-31(30)33)55-40(60)28(4)53-41(61)32(47)17-12-21-51-46(49)50/h7-11,14-16,19,26-28,32,34-38,52H,5-6,12-13,17-18,20-25,47H2,1-4H3,(H2,48,59)(H,53,61)(H,54,62)(H,55,60)(H,56,64)(H,57,63)(H4,49,50,51)/t28-,32-,34-,35-,36+,37-,38+/m0/s1. The summed E-state index contributed by atoms with van der Waals surface area (Å²) in [6, 6.07) is 9.23. The van der Waals surface area contributed by atoms with Crippen LogP contribution < -0.4 is 49.5 Å². The van der Waals surface area contributed by atoms with Crippen molar-refractivity contribution in [2.75, 3.05) is 13.1 Å². The van der Waals surface area contributed by atoms with Gasteiger partial charge in [0.25, 0.3) is 0 Å². The van der Waals surface area contributed by atoms with E-state index in [0.29, 0.717) is 32.1 Å². The van der Waals surface area contributed by atoms with Gasteiger partial charge in [0.05, 0.1) is 6.04 Å². The van der Waals surface area contributed by atoms with Crippen molar-refractivity contribution in [3.63, 3.8) is 0 Å². The number of aliphatic imine (C=N–C) groups is 1. The van der Waals surface area contributed by atoms with Gasteiger partial charge in [0.2, 0.25) is 41.4 Å². The van der Waals surface area contributed by atoms with E-state index in [1.54, 1.807) is 18.3 Å². The summed E-state index contributed by atoms with van der Waals surface area (Å²) in [5.74, 6) is -4.28. The zero-order valence-corrected chi connectivity index (χ0v) is 37.9. The van der Waals surface area contributed by atoms with Gasteiger partial charge in [-0.15, -0.1) is 0 Å². The molecular formula is C46H68N12O7. The number of rotatable bonds is 25. The average Bonchev–Trinajstić information content (AvgIpc) is 3.93. The van der Waals surface area contributed by atoms with Crippen LogP contribution in [0.1, 0.15) is 90.2 Å². The normalized spacial score (nSPS) is 16.3. The van der Waals surface area contributed by atoms with Gasteiger partial charge < -0.3 is 59.4 Å². The van der Waals surface area contributed by atoms with E-state index >= 15 is 0 Å². The number of H-pyrrole nitrogens is 1. The number of carbonyl (C=O) groups excluding carboxylic acids is 7. The van der Waals surface area contributed by atoms with E-state index in [1.165, 1.54) is 11.8 Å². The van der Waals surface area contributed by atoms with E-state index in [0.717, 1.165) is 28.5 Å². The highest BCUT2D eigenvalue weighted by molar-refractivity contribution is 5.98. The number of unbranched alkanes of at least 4 members (excludes halogenated alkanes) is 1. The van der Waals surface area contributed by atoms with Crippen molar-refractivity contribution in [2.45, 2.75) is 134 Å². The Morgan fingerprint density at radius 1 is 0.754 bits per heavy atom. The monoisotopic (exact) mass is 901 g/mol. The number of hydrogen-bond acceptors (Lipinski definition) is 9. The smallest absolute Gasteiger partial charge is 0.246 e. The predicted molar refractivity (Wildman–Crippen MR) is 248 cm³/mol. The Bertz CT molecular complexity index is 2120. The molecule has 1 aliphatic rings. The van der Waals surface area contributed by atoms with Gasteiger partial charge in [-0.1, -0.05) is 82.1 Å². The first kappa shape index (κ1) is 51.1. The lowest BCUT2D eigenvalue weighted by atomic mass is 10.0. The number of nitrogens with zero attached hydrogens (tertiary/aromatic N) is 2. The Balaban J connectivity index is 1.57. The number of amides is 7. The minimum atomic E-state index is -1.23. The molecule has 1 saturated heterocycles. The number of benzene rings is 2. The van der Waals surface area contributed by atoms with E-state index < -0.39 is 83.6 Å². The minimum absolute atomic E-state index is 0.0112. The van der Waals surface area contributed by atoms with Crippen LogP contribution in [0.5, 0.6) is 0 Å². The number of aromatic nitrogens is 1. The van der Waals surface area contributed by atoms with E-state index in [2.05, 4.69) is 36.6 Å². The van der Waals surface area contributed by atoms with Crippen LogP contribution >= 0.6 is 0 Å². The van der Waals surface area contributed by atoms with Gasteiger partial charge in [0.1, 0.15) is 36.3 Å². The number of fused-ring (bicyclic) bond motifs is 1. The van der Waals surface area contributed by atoms with E-state index in [4.69, 9.17) is 22.9 Å². The summed E-state index contributed by atoms with van der Waals surface area (Å²) >= 11 is 0. The molecule has 4 rings (SSSR count). The third-order valence-electron chi connectivity index (χ3n) is 11.4. The Morgan fingerprint density at radius 3 is 2.09 bits per heavy atom. The van der Waals surface area contributed by atoms with Crippen molar-refractivity contribution in [1.29, 1.82) is 0 Å². The highest BCUT2D eigenvalue weighted by Gasteiger charge is 2.40. The van der Waals surface area contributed by atoms with Crippen molar-refractivity contribution in [3.05, 3.63) is 71.9 Å². The van der Waals surface area contributed by atoms with Crippen LogP contribution in [0.4, 0.5) is 0 Å². The molecule has 0 bridgehead atoms. The molecule has 14 N–H and O–H groups in total. The molecule has 7 amide bonds. The first-order chi connectivity index (χ1) is 31.0. The summed E-state index contributed by atoms with van der Waals surface area (Å²) in [7, 11) is 0. The maximum Gasteiger partial charge on any atom is 0.246 e. The Labute approximate surface area is 380 Å². The zero-order valence-electron chi connectivity index (χ0n) is 37.9. The van der Waals surface area contributed by atoms with Gasteiger partial charge in [0, 0.05) is 43.0 Å². The molecule has 1 fully saturated rings. The van der Waals surface area contributed by atoms with Crippen LogP contribution in [0.25, 0.3) is 10.9 Å². The molecule has 0 unspecified atom stereocenters. The molecule has 2 heterocycles. The predicted octanol–water partition coefficient (Wildman–Crippen LogP) is 0.491. The summed E-state index contributed by atoms with van der Waals surface area (Å²) in [4.78, 5) is 104. The highest BCUT2D eigenvalue weighted by Crippen LogP contribution is 2.22. The SMILES string of the molecule is CCCC[C@H](NC(=O)[C@H](CC(C)C)NC(=O)[C@H]1CCCN1C(=O)[C@H](Cc1ccccc1)NC(=O)[C@@H](Cc1c[nH]c2ccccc12)NC(=O)[C@H](C)NC(=O)[C@@H](N)CCCN=C(N)N)C(N)=O. The lowest BCUT2D eigenvalue weighted by Gasteiger charge is -2.31. The first-order valence-corrected chi connectivity index (χ1v) is 22.5. The number of likely N-dealkylation sites (tertiary alicyclic amines) is 1. The van der Waals surface area contributed by atoms with Crippen molar-refractivity contribution < 1.29 is 33.6 Å². The zero-order chi connectivity index (χ0) is 47.6. The summed E-state index contributed by atoms with van der Waals surface area (Å²) in [5, 5.41) is 14.7. The van der Waals surface area contributed by atoms with E-state index in [1.807, 2.05) is 63.2 Å². The second-order valence-electron chi connectivity index (χ2n) is 17.1. The van der Waals surface area contributed by atoms with Crippen LogP contribution in [0.3, 0.4) is 0 Å². The number of para-hydroxylation sites is 1. The van der Waals surface area contributed by atoms with Gasteiger partial charge in [-0.05, 0) is 68.6 Å². The lowest BCUT2D eigenvalue weighted by molar-refractivity contribution is -0.142. The summed E-state index contributed by atoms with van der Waals surface area (Å²) in [5.41, 5.74) is 24.7. The number of primary amides is 1. The molecule has 19 heteroatoms. The lowest BCUT2D eigenvalue weighted by Crippen LogP contribution is -2.60. The number of hydrogen-bond donors (Lipinski definition) is 10. The number of nitrogens with two attached hydrogens (primary N) is 4. The fourth-order valence-electron chi connectivity index (χ4n) is 7.83. The molecule has 19 nitrogen and oxygen atoms in total. The van der Waals surface area contributed by atoms with Gasteiger partial charge in [-0.25, -0.2) is 0 Å². The Kier molecular flexibility index (Phi) is 19.8. The third kappa shape index (κ3) is 15.6. The molecule has 0 radical (unpaired) electrons. The molecule has 354 valence electrons. The quantitative estimate of drug-likeness (QED) is 0.0319. The van der Waals surface area contributed by atoms with Crippen LogP contribution in [-0.2, 0) is 46.4 Å². The third-order valence-corrected chi connectivity index (χ3v) is 11.4. The molecule has 2 aromatic carbocycles. The average molecular weight is 901 g/mol. The van der Waals surface area contributed by atoms with Gasteiger partial charge in [-0.2, -0.15) is 0 Å². The van der Waals surface area contributed by atoms with Crippen LogP contribution in [0.2, 0.25) is 0 Å². The second kappa shape index (κ2) is 25.1. The van der Waals surface area contributed by atoms with Gasteiger partial charge >= 0.3 is 0 Å². The minimum Gasteiger partial charge on any atom is -0.370 e. The maximum atomic E-state index is 14.7. The van der Waals surface area contributed by atoms with Gasteiger partial charge in [0.15, 0.2) is 5.96 Å². The molecule has 7 atom stereocenters. The molecule has 0 saturated carbocycles. The number of aromatic amines is 1. The maximum absolute atomic E-state index is 14.7. The largest absolute Gasteiger partial charge is 0.370 e. The summed E-state index contributed by atoms with van der Waals surface area (Å²) in [6.07, 6.45) is 5.39. The van der Waals surface area contributed by atoms with Crippen molar-refractivity contribution in [1.82, 2.24) is 36.5 Å². The van der Waals surface area contributed by atoms with E-state index in [9.17, 15) is 33.6 Å². The van der Waals surface area contributed by atoms with Crippen LogP contribution in [-0.4, -0.2) is 113 Å². The summed E-state index contributed by atoms with van der Waals surface area (Å²) in [6.45, 7) is 7.72.